The van der Waals surface area contributed by atoms with Gasteiger partial charge in [-0.2, -0.15) is 0 Å². The minimum Gasteiger partial charge on any atom is -0.331 e. The van der Waals surface area contributed by atoms with Crippen LogP contribution in [0.5, 0.6) is 0 Å². The van der Waals surface area contributed by atoms with Gasteiger partial charge < -0.3 is 5.32 Å². The third-order valence-corrected chi connectivity index (χ3v) is 3.98. The SMILES string of the molecule is O=C(Cc1c(Cl)cccc1Cl)NNC(=S)Nc1ccc(Cl)cc1. The van der Waals surface area contributed by atoms with Crippen molar-refractivity contribution < 1.29 is 4.79 Å². The molecule has 0 atom stereocenters. The van der Waals surface area contributed by atoms with Gasteiger partial charge in [-0.15, -0.1) is 0 Å². The predicted molar refractivity (Wildman–Crippen MR) is 99.1 cm³/mol. The van der Waals surface area contributed by atoms with Crippen molar-refractivity contribution in [3.8, 4) is 0 Å². The Morgan fingerprint density at radius 2 is 1.57 bits per heavy atom. The molecule has 0 aliphatic carbocycles. The normalized spacial score (nSPS) is 10.0. The lowest BCUT2D eigenvalue weighted by molar-refractivity contribution is -0.120. The topological polar surface area (TPSA) is 53.2 Å². The molecule has 0 spiro atoms. The molecular weight excluding hydrogens is 377 g/mol. The van der Waals surface area contributed by atoms with Crippen LogP contribution in [0.3, 0.4) is 0 Å². The van der Waals surface area contributed by atoms with Gasteiger partial charge in [0.1, 0.15) is 0 Å². The lowest BCUT2D eigenvalue weighted by atomic mass is 10.1. The fraction of sp³-hybridized carbons (Fsp3) is 0.0667. The summed E-state index contributed by atoms with van der Waals surface area (Å²) in [6.45, 7) is 0. The van der Waals surface area contributed by atoms with Crippen molar-refractivity contribution in [2.45, 2.75) is 6.42 Å². The monoisotopic (exact) mass is 387 g/mol. The quantitative estimate of drug-likeness (QED) is 0.545. The van der Waals surface area contributed by atoms with Crippen LogP contribution in [-0.4, -0.2) is 11.0 Å². The van der Waals surface area contributed by atoms with Gasteiger partial charge in [0.2, 0.25) is 5.91 Å². The molecule has 0 aliphatic heterocycles. The van der Waals surface area contributed by atoms with Crippen molar-refractivity contribution in [2.75, 3.05) is 5.32 Å². The number of hydrogen-bond acceptors (Lipinski definition) is 2. The van der Waals surface area contributed by atoms with Crippen molar-refractivity contribution in [2.24, 2.45) is 0 Å². The van der Waals surface area contributed by atoms with Crippen LogP contribution < -0.4 is 16.2 Å². The second-order valence-corrected chi connectivity index (χ2v) is 6.17. The Labute approximate surface area is 154 Å². The number of carbonyl (C=O) groups excluding carboxylic acids is 1. The van der Waals surface area contributed by atoms with Crippen LogP contribution in [0, 0.1) is 0 Å². The molecule has 0 unspecified atom stereocenters. The zero-order chi connectivity index (χ0) is 16.8. The number of nitrogens with one attached hydrogen (secondary N) is 3. The Morgan fingerprint density at radius 1 is 0.957 bits per heavy atom. The fourth-order valence-corrected chi connectivity index (χ4v) is 2.55. The molecule has 1 amide bonds. The third kappa shape index (κ3) is 5.55. The first-order valence-corrected chi connectivity index (χ1v) is 8.04. The second-order valence-electron chi connectivity index (χ2n) is 4.51. The first kappa shape index (κ1) is 17.8. The maximum atomic E-state index is 11.9. The van der Waals surface area contributed by atoms with Crippen LogP contribution in [0.2, 0.25) is 15.1 Å². The molecule has 0 radical (unpaired) electrons. The lowest BCUT2D eigenvalue weighted by Crippen LogP contribution is -2.44. The summed E-state index contributed by atoms with van der Waals surface area (Å²) in [6, 6.07) is 12.1. The van der Waals surface area contributed by atoms with E-state index in [-0.39, 0.29) is 17.4 Å². The zero-order valence-electron chi connectivity index (χ0n) is 11.7. The number of carbonyl (C=O) groups is 1. The number of amides is 1. The number of anilines is 1. The standard InChI is InChI=1S/C15H12Cl3N3OS/c16-9-4-6-10(7-5-9)19-15(23)21-20-14(22)8-11-12(17)2-1-3-13(11)18/h1-7H,8H2,(H,20,22)(H2,19,21,23). The van der Waals surface area contributed by atoms with Crippen molar-refractivity contribution in [1.29, 1.82) is 0 Å². The van der Waals surface area contributed by atoms with Crippen molar-refractivity contribution in [3.05, 3.63) is 63.1 Å². The van der Waals surface area contributed by atoms with E-state index in [0.29, 0.717) is 20.6 Å². The Hall–Kier alpha value is -1.53. The molecule has 0 heterocycles. The summed E-state index contributed by atoms with van der Waals surface area (Å²) in [5.74, 6) is -0.319. The van der Waals surface area contributed by atoms with Gasteiger partial charge in [0, 0.05) is 20.8 Å². The molecule has 23 heavy (non-hydrogen) atoms. The molecule has 4 nitrogen and oxygen atoms in total. The van der Waals surface area contributed by atoms with Crippen LogP contribution in [0.15, 0.2) is 42.5 Å². The molecule has 0 saturated heterocycles. The largest absolute Gasteiger partial charge is 0.331 e. The fourth-order valence-electron chi connectivity index (χ4n) is 1.73. The molecule has 2 aromatic carbocycles. The first-order chi connectivity index (χ1) is 11.0. The van der Waals surface area contributed by atoms with E-state index in [2.05, 4.69) is 16.2 Å². The molecule has 0 bridgehead atoms. The number of benzene rings is 2. The molecule has 0 aromatic heterocycles. The smallest absolute Gasteiger partial charge is 0.242 e. The van der Waals surface area contributed by atoms with E-state index in [1.165, 1.54) is 0 Å². The maximum Gasteiger partial charge on any atom is 0.242 e. The van der Waals surface area contributed by atoms with Crippen molar-refractivity contribution in [1.82, 2.24) is 10.9 Å². The van der Waals surface area contributed by atoms with E-state index in [0.717, 1.165) is 5.69 Å². The molecular formula is C15H12Cl3N3OS. The number of rotatable bonds is 3. The molecule has 2 rings (SSSR count). The van der Waals surface area contributed by atoms with E-state index in [4.69, 9.17) is 47.0 Å². The van der Waals surface area contributed by atoms with Gasteiger partial charge in [-0.3, -0.25) is 15.6 Å². The summed E-state index contributed by atoms with van der Waals surface area (Å²) in [7, 11) is 0. The highest BCUT2D eigenvalue weighted by Crippen LogP contribution is 2.24. The second kappa shape index (κ2) is 8.36. The van der Waals surface area contributed by atoms with Crippen LogP contribution in [0.1, 0.15) is 5.56 Å². The molecule has 0 saturated carbocycles. The Bertz CT molecular complexity index is 702. The Morgan fingerprint density at radius 3 is 2.17 bits per heavy atom. The average Bonchev–Trinajstić information content (AvgIpc) is 2.51. The molecule has 3 N–H and O–H groups in total. The highest BCUT2D eigenvalue weighted by atomic mass is 35.5. The zero-order valence-corrected chi connectivity index (χ0v) is 14.8. The van der Waals surface area contributed by atoms with Gasteiger partial charge in [0.05, 0.1) is 6.42 Å². The lowest BCUT2D eigenvalue weighted by Gasteiger charge is -2.12. The molecule has 8 heteroatoms. The molecule has 120 valence electrons. The summed E-state index contributed by atoms with van der Waals surface area (Å²) in [5, 5.41) is 4.65. The van der Waals surface area contributed by atoms with Gasteiger partial charge in [0.15, 0.2) is 5.11 Å². The van der Waals surface area contributed by atoms with Crippen molar-refractivity contribution in [3.63, 3.8) is 0 Å². The predicted octanol–water partition coefficient (Wildman–Crippen LogP) is 4.21. The van der Waals surface area contributed by atoms with E-state index in [1.807, 2.05) is 0 Å². The highest BCUT2D eigenvalue weighted by Gasteiger charge is 2.10. The van der Waals surface area contributed by atoms with Gasteiger partial charge in [-0.1, -0.05) is 40.9 Å². The number of halogens is 3. The summed E-state index contributed by atoms with van der Waals surface area (Å²) in [5.41, 5.74) is 6.39. The summed E-state index contributed by atoms with van der Waals surface area (Å²) in [4.78, 5) is 11.9. The Kier molecular flexibility index (Phi) is 6.47. The summed E-state index contributed by atoms with van der Waals surface area (Å²) >= 11 is 22.9. The van der Waals surface area contributed by atoms with Crippen LogP contribution in [-0.2, 0) is 11.2 Å². The minimum atomic E-state index is -0.319. The number of hydrazine groups is 1. The van der Waals surface area contributed by atoms with E-state index in [9.17, 15) is 4.79 Å². The van der Waals surface area contributed by atoms with E-state index < -0.39 is 0 Å². The molecule has 0 aliphatic rings. The average molecular weight is 389 g/mol. The third-order valence-electron chi connectivity index (χ3n) is 2.82. The Balaban J connectivity index is 1.84. The van der Waals surface area contributed by atoms with Gasteiger partial charge in [0.25, 0.3) is 0 Å². The summed E-state index contributed by atoms with van der Waals surface area (Å²) < 4.78 is 0. The first-order valence-electron chi connectivity index (χ1n) is 6.50. The van der Waals surface area contributed by atoms with Crippen molar-refractivity contribution >= 4 is 63.7 Å². The molecule has 2 aromatic rings. The van der Waals surface area contributed by atoms with E-state index in [1.54, 1.807) is 42.5 Å². The number of hydrogen-bond donors (Lipinski definition) is 3. The van der Waals surface area contributed by atoms with Gasteiger partial charge in [-0.05, 0) is 54.2 Å². The van der Waals surface area contributed by atoms with Crippen LogP contribution >= 0.6 is 47.0 Å². The van der Waals surface area contributed by atoms with Crippen LogP contribution in [0.25, 0.3) is 0 Å². The minimum absolute atomic E-state index is 0.0368. The van der Waals surface area contributed by atoms with E-state index >= 15 is 0 Å². The number of thiocarbonyl (C=S) groups is 1. The van der Waals surface area contributed by atoms with Gasteiger partial charge >= 0.3 is 0 Å². The van der Waals surface area contributed by atoms with Gasteiger partial charge in [-0.25, -0.2) is 0 Å². The highest BCUT2D eigenvalue weighted by molar-refractivity contribution is 7.80. The summed E-state index contributed by atoms with van der Waals surface area (Å²) in [6.07, 6.45) is 0.0368. The van der Waals surface area contributed by atoms with Crippen LogP contribution in [0.4, 0.5) is 5.69 Å². The maximum absolute atomic E-state index is 11.9. The molecule has 0 fully saturated rings.